The summed E-state index contributed by atoms with van der Waals surface area (Å²) in [7, 11) is 3.20. The van der Waals surface area contributed by atoms with Gasteiger partial charge in [0.1, 0.15) is 29.6 Å². The van der Waals surface area contributed by atoms with E-state index in [4.69, 9.17) is 18.9 Å². The van der Waals surface area contributed by atoms with Crippen molar-refractivity contribution in [1.29, 1.82) is 0 Å². The molecule has 0 radical (unpaired) electrons. The van der Waals surface area contributed by atoms with E-state index in [1.54, 1.807) is 51.5 Å². The van der Waals surface area contributed by atoms with Crippen LogP contribution in [-0.2, 0) is 4.79 Å². The minimum absolute atomic E-state index is 0.184. The lowest BCUT2D eigenvalue weighted by Gasteiger charge is -2.21. The predicted octanol–water partition coefficient (Wildman–Crippen LogP) is 5.16. The zero-order chi connectivity index (χ0) is 24.9. The first kappa shape index (κ1) is 23.9. The van der Waals surface area contributed by atoms with Crippen LogP contribution in [0.5, 0.6) is 23.0 Å². The Morgan fingerprint density at radius 3 is 2.54 bits per heavy atom. The first-order valence-electron chi connectivity index (χ1n) is 11.2. The fourth-order valence-corrected chi connectivity index (χ4v) is 3.84. The summed E-state index contributed by atoms with van der Waals surface area (Å²) in [5, 5.41) is 2.94. The molecule has 1 N–H and O–H groups in total. The summed E-state index contributed by atoms with van der Waals surface area (Å²) >= 11 is 0. The van der Waals surface area contributed by atoms with E-state index in [0.717, 1.165) is 22.3 Å². The number of nitrogens with one attached hydrogen (secondary N) is 1. The molecule has 0 saturated heterocycles. The molecule has 7 heteroatoms. The lowest BCUT2D eigenvalue weighted by Crippen LogP contribution is -2.27. The number of amides is 1. The van der Waals surface area contributed by atoms with Gasteiger partial charge in [-0.15, -0.1) is 0 Å². The molecule has 3 aromatic rings. The van der Waals surface area contributed by atoms with Crippen molar-refractivity contribution in [2.24, 2.45) is 0 Å². The molecule has 1 heterocycles. The Morgan fingerprint density at radius 1 is 1.00 bits per heavy atom. The van der Waals surface area contributed by atoms with Crippen molar-refractivity contribution in [3.8, 4) is 34.1 Å². The first-order chi connectivity index (χ1) is 16.9. The summed E-state index contributed by atoms with van der Waals surface area (Å²) < 4.78 is 22.1. The maximum Gasteiger partial charge on any atom is 0.310 e. The summed E-state index contributed by atoms with van der Waals surface area (Å²) in [6, 6.07) is 16.4. The summed E-state index contributed by atoms with van der Waals surface area (Å²) in [4.78, 5) is 24.7. The van der Waals surface area contributed by atoms with Crippen LogP contribution in [0.15, 0.2) is 60.3 Å². The van der Waals surface area contributed by atoms with Crippen LogP contribution in [0.2, 0.25) is 0 Å². The molecular formula is C28H27NO6. The van der Waals surface area contributed by atoms with Crippen LogP contribution in [0.1, 0.15) is 34.8 Å². The highest BCUT2D eigenvalue weighted by Gasteiger charge is 2.20. The number of esters is 1. The van der Waals surface area contributed by atoms with Gasteiger partial charge in [0.15, 0.2) is 0 Å². The molecule has 35 heavy (non-hydrogen) atoms. The highest BCUT2D eigenvalue weighted by Crippen LogP contribution is 2.36. The molecule has 0 saturated carbocycles. The van der Waals surface area contributed by atoms with E-state index in [1.165, 1.54) is 0 Å². The fourth-order valence-electron chi connectivity index (χ4n) is 3.84. The van der Waals surface area contributed by atoms with Crippen LogP contribution in [0, 0.1) is 6.92 Å². The number of carbonyl (C=O) groups excluding carboxylic acids is 2. The summed E-state index contributed by atoms with van der Waals surface area (Å²) in [5.41, 5.74) is 4.30. The number of hydrogen-bond donors (Lipinski definition) is 1. The van der Waals surface area contributed by atoms with Crippen LogP contribution in [0.4, 0.5) is 0 Å². The number of ether oxygens (including phenoxy) is 4. The predicted molar refractivity (Wildman–Crippen MR) is 133 cm³/mol. The Bertz CT molecular complexity index is 1310. The Labute approximate surface area is 204 Å². The highest BCUT2D eigenvalue weighted by atomic mass is 16.5. The van der Waals surface area contributed by atoms with Crippen LogP contribution in [-0.4, -0.2) is 32.7 Å². The van der Waals surface area contributed by atoms with Gasteiger partial charge in [-0.3, -0.25) is 9.59 Å². The molecule has 3 aromatic carbocycles. The molecule has 0 fully saturated rings. The molecule has 0 atom stereocenters. The highest BCUT2D eigenvalue weighted by molar-refractivity contribution is 5.97. The van der Waals surface area contributed by atoms with E-state index >= 15 is 0 Å². The molecule has 0 aromatic heterocycles. The average molecular weight is 474 g/mol. The topological polar surface area (TPSA) is 83.1 Å². The maximum atomic E-state index is 13.1. The van der Waals surface area contributed by atoms with Crippen molar-refractivity contribution < 1.29 is 28.5 Å². The number of benzene rings is 3. The molecule has 1 aliphatic rings. The Kier molecular flexibility index (Phi) is 7.06. The lowest BCUT2D eigenvalue weighted by atomic mass is 10.0. The third kappa shape index (κ3) is 5.14. The van der Waals surface area contributed by atoms with Gasteiger partial charge in [-0.05, 0) is 61.0 Å². The molecule has 1 amide bonds. The minimum Gasteiger partial charge on any atom is -0.497 e. The van der Waals surface area contributed by atoms with Gasteiger partial charge in [0.05, 0.1) is 19.9 Å². The molecule has 0 spiro atoms. The lowest BCUT2D eigenvalue weighted by molar-refractivity contribution is -0.134. The number of methoxy groups -OCH3 is 2. The van der Waals surface area contributed by atoms with Crippen molar-refractivity contribution in [3.05, 3.63) is 77.0 Å². The third-order valence-electron chi connectivity index (χ3n) is 5.72. The molecule has 4 rings (SSSR count). The van der Waals surface area contributed by atoms with E-state index in [2.05, 4.69) is 5.32 Å². The molecule has 0 aliphatic carbocycles. The number of carbonyl (C=O) groups is 2. The average Bonchev–Trinajstić information content (AvgIpc) is 2.89. The zero-order valence-corrected chi connectivity index (χ0v) is 20.1. The summed E-state index contributed by atoms with van der Waals surface area (Å²) in [5.74, 6) is 1.90. The molecule has 0 bridgehead atoms. The van der Waals surface area contributed by atoms with E-state index in [1.807, 2.05) is 37.3 Å². The van der Waals surface area contributed by atoms with E-state index in [9.17, 15) is 9.59 Å². The smallest absolute Gasteiger partial charge is 0.310 e. The maximum absolute atomic E-state index is 13.1. The normalized spacial score (nSPS) is 12.1. The van der Waals surface area contributed by atoms with Crippen molar-refractivity contribution in [1.82, 2.24) is 5.32 Å². The van der Waals surface area contributed by atoms with Gasteiger partial charge in [0.25, 0.3) is 5.91 Å². The van der Waals surface area contributed by atoms with Crippen LogP contribution < -0.4 is 24.3 Å². The number of fused-ring (bicyclic) bond motifs is 1. The third-order valence-corrected chi connectivity index (χ3v) is 5.72. The van der Waals surface area contributed by atoms with Gasteiger partial charge < -0.3 is 24.3 Å². The van der Waals surface area contributed by atoms with Crippen molar-refractivity contribution in [3.63, 3.8) is 0 Å². The molecular weight excluding hydrogens is 446 g/mol. The quantitative estimate of drug-likeness (QED) is 0.377. The second-order valence-corrected chi connectivity index (χ2v) is 7.99. The summed E-state index contributed by atoms with van der Waals surface area (Å²) in [6.45, 7) is 3.77. The van der Waals surface area contributed by atoms with E-state index in [-0.39, 0.29) is 18.5 Å². The molecule has 180 valence electrons. The monoisotopic (exact) mass is 473 g/mol. The van der Waals surface area contributed by atoms with Gasteiger partial charge in [-0.25, -0.2) is 0 Å². The Morgan fingerprint density at radius 2 is 1.80 bits per heavy atom. The molecule has 1 aliphatic heterocycles. The first-order valence-corrected chi connectivity index (χ1v) is 11.2. The second-order valence-electron chi connectivity index (χ2n) is 7.99. The molecule has 7 nitrogen and oxygen atoms in total. The number of hydrogen-bond acceptors (Lipinski definition) is 6. The SMILES string of the molecule is CCC(=O)Oc1ccc2c(c1C)OCC(NC(=O)c1ccc(OC)c(-c3cccc(OC)c3)c1)=C2. The van der Waals surface area contributed by atoms with Crippen LogP contribution in [0.3, 0.4) is 0 Å². The minimum atomic E-state index is -0.305. The van der Waals surface area contributed by atoms with Gasteiger partial charge in [-0.2, -0.15) is 0 Å². The summed E-state index contributed by atoms with van der Waals surface area (Å²) in [6.07, 6.45) is 2.15. The zero-order valence-electron chi connectivity index (χ0n) is 20.1. The Hall–Kier alpha value is -4.26. The van der Waals surface area contributed by atoms with Crippen LogP contribution >= 0.6 is 0 Å². The van der Waals surface area contributed by atoms with E-state index < -0.39 is 0 Å². The van der Waals surface area contributed by atoms with Crippen LogP contribution in [0.25, 0.3) is 17.2 Å². The van der Waals surface area contributed by atoms with E-state index in [0.29, 0.717) is 40.7 Å². The van der Waals surface area contributed by atoms with Crippen molar-refractivity contribution in [2.45, 2.75) is 20.3 Å². The largest absolute Gasteiger partial charge is 0.497 e. The number of rotatable bonds is 7. The van der Waals surface area contributed by atoms with Crippen molar-refractivity contribution >= 4 is 18.0 Å². The van der Waals surface area contributed by atoms with Gasteiger partial charge in [-0.1, -0.05) is 19.1 Å². The van der Waals surface area contributed by atoms with Gasteiger partial charge >= 0.3 is 5.97 Å². The Balaban J connectivity index is 1.57. The van der Waals surface area contributed by atoms with Crippen molar-refractivity contribution in [2.75, 3.05) is 20.8 Å². The van der Waals surface area contributed by atoms with Gasteiger partial charge in [0.2, 0.25) is 0 Å². The fraction of sp³-hybridized carbons (Fsp3) is 0.214. The standard InChI is InChI=1S/C28H27NO6/c1-5-26(30)35-24-11-9-19-13-21(16-34-27(19)17(24)2)29-28(31)20-10-12-25(33-4)23(15-20)18-7-6-8-22(14-18)32-3/h6-15H,5,16H2,1-4H3,(H,29,31). The second kappa shape index (κ2) is 10.3. The van der Waals surface area contributed by atoms with Gasteiger partial charge in [0, 0.05) is 28.7 Å². The molecule has 0 unspecified atom stereocenters.